The fourth-order valence-corrected chi connectivity index (χ4v) is 7.56. The average molecular weight is 802 g/mol. The van der Waals surface area contributed by atoms with Crippen LogP contribution in [0.25, 0.3) is 6.08 Å². The summed E-state index contributed by atoms with van der Waals surface area (Å²) in [6.45, 7) is 11.5. The van der Waals surface area contributed by atoms with Crippen LogP contribution >= 0.6 is 56.5 Å². The number of nitrogens with zero attached hydrogens (tertiary/aromatic N) is 2. The van der Waals surface area contributed by atoms with Gasteiger partial charge < -0.3 is 18.9 Å². The molecule has 0 amide bonds. The van der Waals surface area contributed by atoms with E-state index in [9.17, 15) is 9.59 Å². The van der Waals surface area contributed by atoms with E-state index in [2.05, 4.69) is 50.2 Å². The number of carbonyl (C=O) groups excluding carboxylic acids is 1. The van der Waals surface area contributed by atoms with Crippen LogP contribution in [0.5, 0.6) is 17.2 Å². The van der Waals surface area contributed by atoms with Gasteiger partial charge in [-0.1, -0.05) is 17.4 Å². The number of halogens is 2. The summed E-state index contributed by atoms with van der Waals surface area (Å²) < 4.78 is 27.1. The van der Waals surface area contributed by atoms with Gasteiger partial charge in [0.05, 0.1) is 51.3 Å². The first-order valence-corrected chi connectivity index (χ1v) is 16.1. The van der Waals surface area contributed by atoms with Gasteiger partial charge in [0, 0.05) is 9.13 Å². The van der Waals surface area contributed by atoms with Gasteiger partial charge >= 0.3 is 5.97 Å². The van der Waals surface area contributed by atoms with Crippen molar-refractivity contribution in [1.29, 1.82) is 0 Å². The zero-order chi connectivity index (χ0) is 30.0. The molecule has 1 aromatic heterocycles. The van der Waals surface area contributed by atoms with Gasteiger partial charge in [-0.05, 0) is 123 Å². The number of hydrogen-bond acceptors (Lipinski definition) is 8. The van der Waals surface area contributed by atoms with Crippen LogP contribution in [0.1, 0.15) is 58.7 Å². The van der Waals surface area contributed by atoms with E-state index < -0.39 is 12.0 Å². The number of benzene rings is 2. The molecule has 0 fully saturated rings. The van der Waals surface area contributed by atoms with Crippen molar-refractivity contribution in [3.8, 4) is 17.2 Å². The molecule has 0 bridgehead atoms. The van der Waals surface area contributed by atoms with Gasteiger partial charge in [0.2, 0.25) is 0 Å². The Balaban J connectivity index is 1.97. The number of aromatic nitrogens is 1. The second kappa shape index (κ2) is 13.3. The first kappa shape index (κ1) is 31.5. The van der Waals surface area contributed by atoms with Gasteiger partial charge in [0.1, 0.15) is 5.75 Å². The minimum Gasteiger partial charge on any atom is -0.493 e. The Labute approximate surface area is 270 Å². The Morgan fingerprint density at radius 1 is 1.10 bits per heavy atom. The van der Waals surface area contributed by atoms with Gasteiger partial charge in [-0.15, -0.1) is 0 Å². The molecule has 8 nitrogen and oxygen atoms in total. The topological polar surface area (TPSA) is 88.4 Å². The molecule has 1 aliphatic rings. The SMILES string of the molecule is CCOC(=O)C1=C(C)N=c2s/c(=C/c3cc(I)cc(I)c3OC(C)C)c(=O)n2[C@H]1c1ccc(OC(C)C)c(OC)c1. The highest BCUT2D eigenvalue weighted by atomic mass is 127. The van der Waals surface area contributed by atoms with Crippen molar-refractivity contribution in [1.82, 2.24) is 4.57 Å². The molecule has 1 atom stereocenters. The summed E-state index contributed by atoms with van der Waals surface area (Å²) in [6, 6.07) is 8.70. The molecule has 0 unspecified atom stereocenters. The van der Waals surface area contributed by atoms with Gasteiger partial charge in [0.15, 0.2) is 16.3 Å². The normalized spacial score (nSPS) is 15.2. The van der Waals surface area contributed by atoms with E-state index in [0.717, 1.165) is 18.5 Å². The summed E-state index contributed by atoms with van der Waals surface area (Å²) in [5, 5.41) is 0. The van der Waals surface area contributed by atoms with Crippen LogP contribution in [0.3, 0.4) is 0 Å². The molecule has 3 aromatic rings. The lowest BCUT2D eigenvalue weighted by Gasteiger charge is -2.25. The second-order valence-electron chi connectivity index (χ2n) is 9.85. The van der Waals surface area contributed by atoms with E-state index in [1.807, 2.05) is 52.0 Å². The zero-order valence-corrected chi connectivity index (χ0v) is 29.0. The molecule has 1 aliphatic heterocycles. The third-order valence-corrected chi connectivity index (χ3v) is 8.47. The van der Waals surface area contributed by atoms with Crippen molar-refractivity contribution in [2.75, 3.05) is 13.7 Å². The molecule has 0 spiro atoms. The van der Waals surface area contributed by atoms with Crippen LogP contribution in [0, 0.1) is 7.14 Å². The van der Waals surface area contributed by atoms with E-state index >= 15 is 0 Å². The number of fused-ring (bicyclic) bond motifs is 1. The Kier molecular flexibility index (Phi) is 10.2. The van der Waals surface area contributed by atoms with Crippen LogP contribution in [-0.2, 0) is 9.53 Å². The number of esters is 1. The van der Waals surface area contributed by atoms with Crippen molar-refractivity contribution in [2.45, 2.75) is 59.8 Å². The fourth-order valence-electron chi connectivity index (χ4n) is 4.50. The third-order valence-electron chi connectivity index (χ3n) is 6.06. The molecular formula is C30H32I2N2O6S. The van der Waals surface area contributed by atoms with E-state index in [1.54, 1.807) is 37.7 Å². The molecule has 0 N–H and O–H groups in total. The molecule has 0 saturated carbocycles. The fraction of sp³-hybridized carbons (Fsp3) is 0.367. The largest absolute Gasteiger partial charge is 0.493 e. The third kappa shape index (κ3) is 6.82. The standard InChI is InChI=1S/C30H32I2N2O6S/c1-8-38-29(36)25-17(6)33-30-34(26(25)18-9-10-22(39-15(2)3)23(12-18)37-7)28(35)24(41-30)13-19-11-20(31)14-21(32)27(19)40-16(4)5/h9-16,26H,8H2,1-7H3/b24-13+/t26-/m0/s1. The lowest BCUT2D eigenvalue weighted by atomic mass is 9.95. The molecular weight excluding hydrogens is 770 g/mol. The molecule has 0 saturated heterocycles. The predicted molar refractivity (Wildman–Crippen MR) is 177 cm³/mol. The predicted octanol–water partition coefficient (Wildman–Crippen LogP) is 5.59. The van der Waals surface area contributed by atoms with E-state index in [4.69, 9.17) is 18.9 Å². The Bertz CT molecular complexity index is 1690. The van der Waals surface area contributed by atoms with E-state index in [1.165, 1.54) is 11.3 Å². The minimum absolute atomic E-state index is 0.0376. The van der Waals surface area contributed by atoms with Crippen molar-refractivity contribution < 1.29 is 23.7 Å². The van der Waals surface area contributed by atoms with Gasteiger partial charge in [-0.25, -0.2) is 9.79 Å². The van der Waals surface area contributed by atoms with Crippen molar-refractivity contribution in [3.05, 3.63) is 79.6 Å². The van der Waals surface area contributed by atoms with Crippen molar-refractivity contribution in [3.63, 3.8) is 0 Å². The maximum atomic E-state index is 14.1. The smallest absolute Gasteiger partial charge is 0.338 e. The van der Waals surface area contributed by atoms with Crippen LogP contribution in [0.15, 0.2) is 51.4 Å². The average Bonchev–Trinajstić information content (AvgIpc) is 3.19. The quantitative estimate of drug-likeness (QED) is 0.207. The number of rotatable bonds is 9. The minimum atomic E-state index is -0.767. The summed E-state index contributed by atoms with van der Waals surface area (Å²) in [5.74, 6) is 1.27. The molecule has 218 valence electrons. The Morgan fingerprint density at radius 2 is 1.80 bits per heavy atom. The number of ether oxygens (including phenoxy) is 4. The summed E-state index contributed by atoms with van der Waals surface area (Å²) >= 11 is 5.78. The summed E-state index contributed by atoms with van der Waals surface area (Å²) in [5.41, 5.74) is 2.01. The molecule has 0 radical (unpaired) electrons. The molecule has 11 heteroatoms. The summed E-state index contributed by atoms with van der Waals surface area (Å²) in [7, 11) is 1.56. The number of allylic oxidation sites excluding steroid dienone is 1. The van der Waals surface area contributed by atoms with Crippen LogP contribution in [0.2, 0.25) is 0 Å². The molecule has 0 aliphatic carbocycles. The van der Waals surface area contributed by atoms with Gasteiger partial charge in [-0.2, -0.15) is 0 Å². The maximum absolute atomic E-state index is 14.1. The first-order chi connectivity index (χ1) is 19.4. The van der Waals surface area contributed by atoms with Crippen LogP contribution in [-0.4, -0.2) is 36.5 Å². The van der Waals surface area contributed by atoms with Crippen molar-refractivity contribution >= 4 is 68.6 Å². The van der Waals surface area contributed by atoms with E-state index in [0.29, 0.717) is 37.7 Å². The van der Waals surface area contributed by atoms with Crippen LogP contribution in [0.4, 0.5) is 0 Å². The second-order valence-corrected chi connectivity index (χ2v) is 13.3. The molecule has 2 heterocycles. The number of carbonyl (C=O) groups is 1. The summed E-state index contributed by atoms with van der Waals surface area (Å²) in [6.07, 6.45) is 1.75. The molecule has 41 heavy (non-hydrogen) atoms. The highest BCUT2D eigenvalue weighted by Crippen LogP contribution is 2.37. The number of methoxy groups -OCH3 is 1. The Hall–Kier alpha value is -2.39. The Morgan fingerprint density at radius 3 is 2.44 bits per heavy atom. The monoisotopic (exact) mass is 802 g/mol. The highest BCUT2D eigenvalue weighted by molar-refractivity contribution is 14.1. The zero-order valence-electron chi connectivity index (χ0n) is 23.9. The van der Waals surface area contributed by atoms with Gasteiger partial charge in [0.25, 0.3) is 5.56 Å². The van der Waals surface area contributed by atoms with Crippen molar-refractivity contribution in [2.24, 2.45) is 4.99 Å². The first-order valence-electron chi connectivity index (χ1n) is 13.1. The highest BCUT2D eigenvalue weighted by Gasteiger charge is 2.34. The molecule has 2 aromatic carbocycles. The van der Waals surface area contributed by atoms with E-state index in [-0.39, 0.29) is 24.4 Å². The van der Waals surface area contributed by atoms with Crippen LogP contribution < -0.4 is 29.1 Å². The number of hydrogen-bond donors (Lipinski definition) is 0. The maximum Gasteiger partial charge on any atom is 0.338 e. The number of thiazole rings is 1. The lowest BCUT2D eigenvalue weighted by molar-refractivity contribution is -0.139. The van der Waals surface area contributed by atoms with Gasteiger partial charge in [-0.3, -0.25) is 9.36 Å². The lowest BCUT2D eigenvalue weighted by Crippen LogP contribution is -2.40. The molecule has 4 rings (SSSR count). The summed E-state index contributed by atoms with van der Waals surface area (Å²) in [4.78, 5) is 32.6.